The maximum Gasteiger partial charge on any atom is 0.248 e. The summed E-state index contributed by atoms with van der Waals surface area (Å²) in [7, 11) is -1.66. The first-order valence-corrected chi connectivity index (χ1v) is 7.82. The molecule has 1 aromatic carbocycles. The van der Waals surface area contributed by atoms with E-state index in [-0.39, 0.29) is 18.1 Å². The van der Waals surface area contributed by atoms with Crippen molar-refractivity contribution in [3.8, 4) is 0 Å². The Bertz CT molecular complexity index is 530. The number of hydrogen-bond acceptors (Lipinski definition) is 5. The third-order valence-corrected chi connectivity index (χ3v) is 5.56. The molecule has 0 atom stereocenters. The van der Waals surface area contributed by atoms with E-state index in [9.17, 15) is 13.2 Å². The van der Waals surface area contributed by atoms with Gasteiger partial charge in [0.15, 0.2) is 0 Å². The molecule has 18 heavy (non-hydrogen) atoms. The molecule has 0 spiro atoms. The molecule has 1 aliphatic heterocycles. The van der Waals surface area contributed by atoms with Gasteiger partial charge < -0.3 is 0 Å². The highest BCUT2D eigenvalue weighted by Gasteiger charge is 2.36. The van der Waals surface area contributed by atoms with E-state index in [0.29, 0.717) is 6.54 Å². The van der Waals surface area contributed by atoms with Crippen LogP contribution < -0.4 is 0 Å². The summed E-state index contributed by atoms with van der Waals surface area (Å²) < 4.78 is 25.9. The molecule has 0 radical (unpaired) electrons. The van der Waals surface area contributed by atoms with Gasteiger partial charge in [0.05, 0.1) is 17.9 Å². The predicted molar refractivity (Wildman–Crippen MR) is 70.7 cm³/mol. The van der Waals surface area contributed by atoms with E-state index in [2.05, 4.69) is 0 Å². The first kappa shape index (κ1) is 13.4. The van der Waals surface area contributed by atoms with Gasteiger partial charge in [-0.25, -0.2) is 12.7 Å². The van der Waals surface area contributed by atoms with Crippen molar-refractivity contribution in [2.45, 2.75) is 13.0 Å². The van der Waals surface area contributed by atoms with Crippen molar-refractivity contribution in [1.82, 2.24) is 8.02 Å². The van der Waals surface area contributed by atoms with Crippen LogP contribution in [0.15, 0.2) is 30.3 Å². The topological polar surface area (TPSA) is 57.7 Å². The number of sulfonamides is 1. The predicted octanol–water partition coefficient (Wildman–Crippen LogP) is 1.24. The van der Waals surface area contributed by atoms with Crippen LogP contribution in [-0.4, -0.2) is 35.1 Å². The standard InChI is InChI=1S/C11H14N2O3S2/c1-12(9-10-5-3-2-4-6-10)17-13-11(14)7-8-18(13,15)16/h2-6H,7-9H2,1H3. The van der Waals surface area contributed by atoms with Crippen LogP contribution in [0.5, 0.6) is 0 Å². The fraction of sp³-hybridized carbons (Fsp3) is 0.364. The molecule has 7 heteroatoms. The second-order valence-corrected chi connectivity index (χ2v) is 7.36. The third-order valence-electron chi connectivity index (χ3n) is 2.49. The Morgan fingerprint density at radius 2 is 2.00 bits per heavy atom. The molecule has 0 unspecified atom stereocenters. The van der Waals surface area contributed by atoms with Crippen molar-refractivity contribution >= 4 is 28.1 Å². The number of amides is 1. The molecule has 1 amide bonds. The highest BCUT2D eigenvalue weighted by molar-refractivity contribution is 8.08. The number of carbonyl (C=O) groups is 1. The lowest BCUT2D eigenvalue weighted by molar-refractivity contribution is -0.121. The number of benzene rings is 1. The van der Waals surface area contributed by atoms with Crippen LogP contribution in [0.25, 0.3) is 0 Å². The molecule has 2 rings (SSSR count). The molecule has 98 valence electrons. The number of hydrogen-bond donors (Lipinski definition) is 0. The minimum Gasteiger partial charge on any atom is -0.273 e. The highest BCUT2D eigenvalue weighted by Crippen LogP contribution is 2.27. The Balaban J connectivity index is 2.00. The smallest absolute Gasteiger partial charge is 0.248 e. The van der Waals surface area contributed by atoms with E-state index in [0.717, 1.165) is 21.4 Å². The molecule has 0 saturated carbocycles. The Morgan fingerprint density at radius 3 is 2.56 bits per heavy atom. The molecule has 1 aliphatic rings. The molecule has 1 saturated heterocycles. The van der Waals surface area contributed by atoms with Gasteiger partial charge in [-0.1, -0.05) is 30.3 Å². The molecule has 1 fully saturated rings. The van der Waals surface area contributed by atoms with E-state index >= 15 is 0 Å². The summed E-state index contributed by atoms with van der Waals surface area (Å²) in [6.07, 6.45) is 0.0779. The summed E-state index contributed by atoms with van der Waals surface area (Å²) in [5.41, 5.74) is 1.07. The Hall–Kier alpha value is -1.05. The van der Waals surface area contributed by atoms with Crippen molar-refractivity contribution in [2.75, 3.05) is 12.8 Å². The van der Waals surface area contributed by atoms with E-state index in [1.54, 1.807) is 11.4 Å². The van der Waals surface area contributed by atoms with Crippen LogP contribution in [0.3, 0.4) is 0 Å². The summed E-state index contributed by atoms with van der Waals surface area (Å²) in [6.45, 7) is 0.574. The molecular weight excluding hydrogens is 272 g/mol. The zero-order valence-electron chi connectivity index (χ0n) is 9.94. The van der Waals surface area contributed by atoms with Gasteiger partial charge in [-0.3, -0.25) is 4.79 Å². The van der Waals surface area contributed by atoms with Crippen molar-refractivity contribution in [3.63, 3.8) is 0 Å². The largest absolute Gasteiger partial charge is 0.273 e. The van der Waals surface area contributed by atoms with Gasteiger partial charge in [-0.2, -0.15) is 3.71 Å². The molecular formula is C11H14N2O3S2. The van der Waals surface area contributed by atoms with Crippen LogP contribution in [0.4, 0.5) is 0 Å². The van der Waals surface area contributed by atoms with Gasteiger partial charge in [0.2, 0.25) is 15.9 Å². The Labute approximate surface area is 111 Å². The van der Waals surface area contributed by atoms with Gasteiger partial charge >= 0.3 is 0 Å². The number of nitrogens with zero attached hydrogens (tertiary/aromatic N) is 2. The van der Waals surface area contributed by atoms with Gasteiger partial charge in [0.25, 0.3) is 0 Å². The zero-order valence-corrected chi connectivity index (χ0v) is 11.6. The minimum atomic E-state index is -3.42. The van der Waals surface area contributed by atoms with E-state index in [1.807, 2.05) is 30.3 Å². The average Bonchev–Trinajstić information content (AvgIpc) is 2.57. The summed E-state index contributed by atoms with van der Waals surface area (Å²) in [6, 6.07) is 9.68. The minimum absolute atomic E-state index is 0.0779. The first-order chi connectivity index (χ1) is 8.49. The molecule has 5 nitrogen and oxygen atoms in total. The number of carbonyl (C=O) groups excluding carboxylic acids is 1. The van der Waals surface area contributed by atoms with E-state index in [4.69, 9.17) is 0 Å². The van der Waals surface area contributed by atoms with Crippen LogP contribution in [0.2, 0.25) is 0 Å². The summed E-state index contributed by atoms with van der Waals surface area (Å²) in [4.78, 5) is 11.5. The summed E-state index contributed by atoms with van der Waals surface area (Å²) in [5.74, 6) is -0.433. The van der Waals surface area contributed by atoms with E-state index in [1.165, 1.54) is 0 Å². The molecule has 0 bridgehead atoms. The molecule has 1 aromatic rings. The molecule has 1 heterocycles. The second kappa shape index (κ2) is 5.29. The third kappa shape index (κ3) is 3.04. The lowest BCUT2D eigenvalue weighted by Gasteiger charge is -2.20. The van der Waals surface area contributed by atoms with Crippen LogP contribution in [0.1, 0.15) is 12.0 Å². The number of rotatable bonds is 4. The fourth-order valence-corrected chi connectivity index (χ4v) is 4.25. The van der Waals surface area contributed by atoms with Crippen molar-refractivity contribution in [2.24, 2.45) is 0 Å². The first-order valence-electron chi connectivity index (χ1n) is 5.48. The van der Waals surface area contributed by atoms with Crippen LogP contribution >= 0.6 is 12.1 Å². The van der Waals surface area contributed by atoms with Gasteiger partial charge in [0, 0.05) is 13.0 Å². The Kier molecular flexibility index (Phi) is 3.94. The SMILES string of the molecule is CN(Cc1ccccc1)SN1C(=O)CCS1(=O)=O. The zero-order chi connectivity index (χ0) is 13.2. The second-order valence-electron chi connectivity index (χ2n) is 4.04. The van der Waals surface area contributed by atoms with Crippen LogP contribution in [-0.2, 0) is 21.4 Å². The Morgan fingerprint density at radius 1 is 1.33 bits per heavy atom. The summed E-state index contributed by atoms with van der Waals surface area (Å²) >= 11 is 0.946. The van der Waals surface area contributed by atoms with Crippen molar-refractivity contribution in [1.29, 1.82) is 0 Å². The summed E-state index contributed by atoms with van der Waals surface area (Å²) in [5, 5.41) is 0. The van der Waals surface area contributed by atoms with Gasteiger partial charge in [-0.05, 0) is 12.6 Å². The lowest BCUT2D eigenvalue weighted by Crippen LogP contribution is -2.27. The van der Waals surface area contributed by atoms with Gasteiger partial charge in [0.1, 0.15) is 0 Å². The van der Waals surface area contributed by atoms with Crippen LogP contribution in [0, 0.1) is 0 Å². The van der Waals surface area contributed by atoms with Gasteiger partial charge in [-0.15, -0.1) is 0 Å². The molecule has 0 aromatic heterocycles. The highest BCUT2D eigenvalue weighted by atomic mass is 32.3. The van der Waals surface area contributed by atoms with Crippen molar-refractivity contribution < 1.29 is 13.2 Å². The van der Waals surface area contributed by atoms with Crippen molar-refractivity contribution in [3.05, 3.63) is 35.9 Å². The normalized spacial score (nSPS) is 18.6. The molecule has 0 aliphatic carbocycles. The molecule has 0 N–H and O–H groups in total. The maximum atomic E-state index is 11.6. The quantitative estimate of drug-likeness (QED) is 0.780. The monoisotopic (exact) mass is 286 g/mol. The fourth-order valence-electron chi connectivity index (χ4n) is 1.64. The van der Waals surface area contributed by atoms with E-state index < -0.39 is 10.0 Å². The average molecular weight is 286 g/mol. The lowest BCUT2D eigenvalue weighted by atomic mass is 10.2. The maximum absolute atomic E-state index is 11.6.